The van der Waals surface area contributed by atoms with Gasteiger partial charge in [-0.05, 0) is 59.6 Å². The first-order valence-corrected chi connectivity index (χ1v) is 7.42. The number of benzene rings is 2. The fourth-order valence-corrected chi connectivity index (χ4v) is 3.12. The smallest absolute Gasteiger partial charge is 0.274 e. The van der Waals surface area contributed by atoms with Crippen molar-refractivity contribution in [2.24, 2.45) is 0 Å². The van der Waals surface area contributed by atoms with Crippen LogP contribution in [-0.4, -0.2) is 11.1 Å². The van der Waals surface area contributed by atoms with Crippen LogP contribution in [0.15, 0.2) is 42.5 Å². The minimum atomic E-state index is -0.480. The second-order valence-corrected chi connectivity index (χ2v) is 5.74. The number of fused-ring (bicyclic) bond motifs is 1. The molecule has 0 saturated carbocycles. The molecule has 1 unspecified atom stereocenters. The summed E-state index contributed by atoms with van der Waals surface area (Å²) in [6, 6.07) is 13.3. The normalized spacial score (nSPS) is 16.9. The molecule has 4 heteroatoms. The van der Waals surface area contributed by atoms with Crippen LogP contribution in [-0.2, 0) is 19.5 Å². The van der Waals surface area contributed by atoms with Crippen molar-refractivity contribution in [1.29, 1.82) is 0 Å². The predicted molar refractivity (Wildman–Crippen MR) is 81.7 cm³/mol. The summed E-state index contributed by atoms with van der Waals surface area (Å²) in [6.07, 6.45) is 2.83. The number of halogens is 1. The van der Waals surface area contributed by atoms with Gasteiger partial charge in [-0.3, -0.25) is 10.0 Å². The van der Waals surface area contributed by atoms with Crippen LogP contribution in [0, 0.1) is 0 Å². The Labute approximate surface area is 128 Å². The lowest BCUT2D eigenvalue weighted by atomic mass is 9.79. The van der Waals surface area contributed by atoms with Gasteiger partial charge in [-0.1, -0.05) is 30.3 Å². The Morgan fingerprint density at radius 1 is 1.18 bits per heavy atom. The van der Waals surface area contributed by atoms with Gasteiger partial charge in [-0.25, -0.2) is 9.87 Å². The van der Waals surface area contributed by atoms with E-state index in [2.05, 4.69) is 0 Å². The van der Waals surface area contributed by atoms with Crippen LogP contribution in [0.4, 0.5) is 4.39 Å². The van der Waals surface area contributed by atoms with Gasteiger partial charge in [-0.15, -0.1) is 0 Å². The van der Waals surface area contributed by atoms with E-state index in [9.17, 15) is 9.18 Å². The summed E-state index contributed by atoms with van der Waals surface area (Å²) < 4.78 is 12.6. The summed E-state index contributed by atoms with van der Waals surface area (Å²) in [5.41, 5.74) is 6.49. The van der Waals surface area contributed by atoms with Crippen LogP contribution >= 0.6 is 0 Å². The maximum Gasteiger partial charge on any atom is 0.274 e. The number of carbonyl (C=O) groups excluding carboxylic acids is 1. The Morgan fingerprint density at radius 3 is 2.64 bits per heavy atom. The number of alkyl halides is 1. The van der Waals surface area contributed by atoms with Crippen molar-refractivity contribution in [2.45, 2.75) is 31.9 Å². The number of rotatable bonds is 3. The number of aryl methyl sites for hydroxylation is 1. The maximum atomic E-state index is 12.6. The molecule has 0 aliphatic heterocycles. The van der Waals surface area contributed by atoms with Gasteiger partial charge in [0.2, 0.25) is 0 Å². The summed E-state index contributed by atoms with van der Waals surface area (Å²) in [6.45, 7) is -0.427. The summed E-state index contributed by atoms with van der Waals surface area (Å²) in [4.78, 5) is 11.5. The number of amides is 1. The van der Waals surface area contributed by atoms with Gasteiger partial charge in [0.25, 0.3) is 5.91 Å². The molecule has 0 aromatic heterocycles. The van der Waals surface area contributed by atoms with Crippen molar-refractivity contribution in [1.82, 2.24) is 5.48 Å². The molecule has 1 amide bonds. The first-order chi connectivity index (χ1) is 10.7. The monoisotopic (exact) mass is 299 g/mol. The number of nitrogens with one attached hydrogen (secondary N) is 1. The van der Waals surface area contributed by atoms with Gasteiger partial charge < -0.3 is 0 Å². The Morgan fingerprint density at radius 2 is 1.95 bits per heavy atom. The molecule has 0 radical (unpaired) electrons. The Kier molecular flexibility index (Phi) is 4.20. The molecule has 2 aromatic carbocycles. The number of hydroxylamine groups is 1. The standard InChI is InChI=1S/C18H18FNO2/c19-11-12-1-3-13(4-2-12)14-5-6-16-10-17(18(21)20-22)8-7-15(16)9-14/h1-4,7-8,10,14,22H,5-6,9,11H2,(H,20,21). The van der Waals surface area contributed by atoms with Crippen LogP contribution in [0.5, 0.6) is 0 Å². The quantitative estimate of drug-likeness (QED) is 0.672. The number of hydrogen-bond donors (Lipinski definition) is 2. The van der Waals surface area contributed by atoms with Crippen molar-refractivity contribution >= 4 is 5.91 Å². The van der Waals surface area contributed by atoms with Crippen molar-refractivity contribution < 1.29 is 14.4 Å². The SMILES string of the molecule is O=C(NO)c1ccc2c(c1)CCC(c1ccc(CF)cc1)C2. The van der Waals surface area contributed by atoms with Gasteiger partial charge in [0.15, 0.2) is 0 Å². The van der Waals surface area contributed by atoms with Crippen molar-refractivity contribution in [2.75, 3.05) is 0 Å². The zero-order chi connectivity index (χ0) is 15.5. The molecule has 2 N–H and O–H groups in total. The van der Waals surface area contributed by atoms with Gasteiger partial charge in [0.05, 0.1) is 0 Å². The molecule has 3 nitrogen and oxygen atoms in total. The topological polar surface area (TPSA) is 49.3 Å². The molecule has 2 aromatic rings. The maximum absolute atomic E-state index is 12.6. The van der Waals surface area contributed by atoms with Crippen LogP contribution in [0.1, 0.15) is 45.0 Å². The van der Waals surface area contributed by atoms with Crippen molar-refractivity contribution in [3.05, 3.63) is 70.3 Å². The van der Waals surface area contributed by atoms with Gasteiger partial charge >= 0.3 is 0 Å². The highest BCUT2D eigenvalue weighted by molar-refractivity contribution is 5.93. The zero-order valence-electron chi connectivity index (χ0n) is 12.2. The van der Waals surface area contributed by atoms with Crippen LogP contribution < -0.4 is 5.48 Å². The minimum Gasteiger partial charge on any atom is -0.288 e. The van der Waals surface area contributed by atoms with Crippen LogP contribution in [0.25, 0.3) is 0 Å². The molecule has 0 saturated heterocycles. The molecule has 114 valence electrons. The van der Waals surface area contributed by atoms with E-state index in [-0.39, 0.29) is 0 Å². The van der Waals surface area contributed by atoms with Crippen molar-refractivity contribution in [3.63, 3.8) is 0 Å². The lowest BCUT2D eigenvalue weighted by Crippen LogP contribution is -2.20. The Hall–Kier alpha value is -2.20. The van der Waals surface area contributed by atoms with E-state index in [0.717, 1.165) is 24.8 Å². The fraction of sp³-hybridized carbons (Fsp3) is 0.278. The number of hydrogen-bond acceptors (Lipinski definition) is 2. The molecule has 1 aliphatic carbocycles. The van der Waals surface area contributed by atoms with E-state index in [4.69, 9.17) is 5.21 Å². The molecule has 0 heterocycles. The lowest BCUT2D eigenvalue weighted by Gasteiger charge is -2.25. The Bertz CT molecular complexity index is 682. The van der Waals surface area contributed by atoms with Gasteiger partial charge in [0.1, 0.15) is 6.67 Å². The summed E-state index contributed by atoms with van der Waals surface area (Å²) in [5.74, 6) is -0.0505. The number of carbonyl (C=O) groups is 1. The van der Waals surface area contributed by atoms with Gasteiger partial charge in [0, 0.05) is 5.56 Å². The molecule has 22 heavy (non-hydrogen) atoms. The lowest BCUT2D eigenvalue weighted by molar-refractivity contribution is 0.0706. The summed E-state index contributed by atoms with van der Waals surface area (Å²) in [7, 11) is 0. The van der Waals surface area contributed by atoms with Crippen molar-refractivity contribution in [3.8, 4) is 0 Å². The third kappa shape index (κ3) is 2.88. The van der Waals surface area contributed by atoms with Gasteiger partial charge in [-0.2, -0.15) is 0 Å². The Balaban J connectivity index is 1.80. The molecule has 3 rings (SSSR count). The third-order valence-electron chi connectivity index (χ3n) is 4.40. The molecular formula is C18H18FNO2. The van der Waals surface area contributed by atoms with E-state index in [1.807, 2.05) is 36.4 Å². The molecule has 0 fully saturated rings. The van der Waals surface area contributed by atoms with E-state index >= 15 is 0 Å². The highest BCUT2D eigenvalue weighted by Crippen LogP contribution is 2.33. The molecule has 1 atom stereocenters. The molecular weight excluding hydrogens is 281 g/mol. The molecule has 1 aliphatic rings. The second kappa shape index (κ2) is 6.28. The highest BCUT2D eigenvalue weighted by Gasteiger charge is 2.21. The average molecular weight is 299 g/mol. The van der Waals surface area contributed by atoms with Crippen LogP contribution in [0.2, 0.25) is 0 Å². The first-order valence-electron chi connectivity index (χ1n) is 7.42. The summed E-state index contributed by atoms with van der Waals surface area (Å²) in [5, 5.41) is 8.70. The molecule has 0 bridgehead atoms. The zero-order valence-corrected chi connectivity index (χ0v) is 12.2. The van der Waals surface area contributed by atoms with E-state index < -0.39 is 12.6 Å². The second-order valence-electron chi connectivity index (χ2n) is 5.74. The minimum absolute atomic E-state index is 0.427. The highest BCUT2D eigenvalue weighted by atomic mass is 19.1. The third-order valence-corrected chi connectivity index (χ3v) is 4.40. The molecule has 0 spiro atoms. The average Bonchev–Trinajstić information content (AvgIpc) is 2.60. The van der Waals surface area contributed by atoms with Crippen LogP contribution in [0.3, 0.4) is 0 Å². The van der Waals surface area contributed by atoms with E-state index in [0.29, 0.717) is 17.0 Å². The predicted octanol–water partition coefficient (Wildman–Crippen LogP) is 3.55. The van der Waals surface area contributed by atoms with E-state index in [1.165, 1.54) is 11.1 Å². The first kappa shape index (κ1) is 14.7. The fourth-order valence-electron chi connectivity index (χ4n) is 3.12. The summed E-state index contributed by atoms with van der Waals surface area (Å²) >= 11 is 0. The van der Waals surface area contributed by atoms with E-state index in [1.54, 1.807) is 11.5 Å². The largest absolute Gasteiger partial charge is 0.288 e.